The van der Waals surface area contributed by atoms with Gasteiger partial charge < -0.3 is 9.84 Å². The van der Waals surface area contributed by atoms with Crippen LogP contribution in [0.2, 0.25) is 0 Å². The highest BCUT2D eigenvalue weighted by molar-refractivity contribution is 5.86. The van der Waals surface area contributed by atoms with Gasteiger partial charge in [-0.25, -0.2) is 4.79 Å². The zero-order valence-corrected chi connectivity index (χ0v) is 8.43. The van der Waals surface area contributed by atoms with Crippen LogP contribution in [0.4, 0.5) is 0 Å². The van der Waals surface area contributed by atoms with Crippen molar-refractivity contribution in [1.29, 1.82) is 0 Å². The molecule has 1 heterocycles. The summed E-state index contributed by atoms with van der Waals surface area (Å²) in [6.45, 7) is 1.71. The lowest BCUT2D eigenvalue weighted by atomic mass is 9.95. The van der Waals surface area contributed by atoms with E-state index in [-0.39, 0.29) is 5.76 Å². The maximum absolute atomic E-state index is 11.0. The first-order valence-electron chi connectivity index (χ1n) is 4.78. The average molecular weight is 204 g/mol. The minimum atomic E-state index is -0.904. The fourth-order valence-corrected chi connectivity index (χ4v) is 1.68. The maximum atomic E-state index is 11.0. The van der Waals surface area contributed by atoms with Crippen molar-refractivity contribution in [3.63, 3.8) is 0 Å². The number of aliphatic hydroxyl groups excluding tert-OH is 1. The summed E-state index contributed by atoms with van der Waals surface area (Å²) in [6.07, 6.45) is 1.62. The molecule has 0 bridgehead atoms. The third-order valence-corrected chi connectivity index (χ3v) is 2.51. The Bertz CT molecular complexity index is 408. The van der Waals surface area contributed by atoms with Crippen LogP contribution in [0.15, 0.2) is 42.2 Å². The third-order valence-electron chi connectivity index (χ3n) is 2.51. The van der Waals surface area contributed by atoms with Crippen LogP contribution in [-0.2, 0) is 16.0 Å². The summed E-state index contributed by atoms with van der Waals surface area (Å²) in [5, 5.41) is 9.60. The first-order valence-corrected chi connectivity index (χ1v) is 4.78. The first-order chi connectivity index (χ1) is 7.10. The number of carbonyl (C=O) groups excluding carboxylic acids is 1. The van der Waals surface area contributed by atoms with Gasteiger partial charge >= 0.3 is 5.97 Å². The van der Waals surface area contributed by atoms with Gasteiger partial charge in [0.25, 0.3) is 0 Å². The SMILES string of the molecule is C[C@@]1(Cc2ccccc2)OC(=O)C=C1O. The minimum absolute atomic E-state index is 0.00338. The number of carbonyl (C=O) groups is 1. The Kier molecular flexibility index (Phi) is 2.23. The largest absolute Gasteiger partial charge is 0.508 e. The number of rotatable bonds is 2. The molecule has 0 radical (unpaired) electrons. The second kappa shape index (κ2) is 3.42. The number of aliphatic hydroxyl groups is 1. The highest BCUT2D eigenvalue weighted by Crippen LogP contribution is 2.29. The molecule has 3 nitrogen and oxygen atoms in total. The molecule has 0 unspecified atom stereocenters. The quantitative estimate of drug-likeness (QED) is 0.749. The molecule has 0 saturated carbocycles. The van der Waals surface area contributed by atoms with E-state index in [4.69, 9.17) is 4.74 Å². The van der Waals surface area contributed by atoms with Crippen molar-refractivity contribution < 1.29 is 14.6 Å². The molecule has 1 aliphatic rings. The van der Waals surface area contributed by atoms with Gasteiger partial charge in [-0.05, 0) is 12.5 Å². The molecular formula is C12H12O3. The minimum Gasteiger partial charge on any atom is -0.508 e. The molecule has 1 aliphatic heterocycles. The van der Waals surface area contributed by atoms with Crippen LogP contribution in [0.25, 0.3) is 0 Å². The second-order valence-corrected chi connectivity index (χ2v) is 3.84. The summed E-state index contributed by atoms with van der Waals surface area (Å²) in [6, 6.07) is 9.62. The van der Waals surface area contributed by atoms with Gasteiger partial charge in [-0.15, -0.1) is 0 Å². The highest BCUT2D eigenvalue weighted by atomic mass is 16.6. The van der Waals surface area contributed by atoms with Crippen molar-refractivity contribution in [3.8, 4) is 0 Å². The molecule has 0 aromatic heterocycles. The van der Waals surface area contributed by atoms with E-state index >= 15 is 0 Å². The Morgan fingerprint density at radius 3 is 2.53 bits per heavy atom. The lowest BCUT2D eigenvalue weighted by Gasteiger charge is -2.23. The summed E-state index contributed by atoms with van der Waals surface area (Å²) >= 11 is 0. The Hall–Kier alpha value is -1.77. The molecule has 1 N–H and O–H groups in total. The lowest BCUT2D eigenvalue weighted by molar-refractivity contribution is -0.145. The predicted octanol–water partition coefficient (Wildman–Crippen LogP) is 1.99. The summed E-state index contributed by atoms with van der Waals surface area (Å²) in [5.74, 6) is -0.484. The van der Waals surface area contributed by atoms with Crippen molar-refractivity contribution in [1.82, 2.24) is 0 Å². The number of esters is 1. The summed E-state index contributed by atoms with van der Waals surface area (Å²) in [4.78, 5) is 11.0. The van der Waals surface area contributed by atoms with Crippen molar-refractivity contribution in [2.24, 2.45) is 0 Å². The maximum Gasteiger partial charge on any atom is 0.335 e. The molecule has 1 aromatic rings. The van der Waals surface area contributed by atoms with Gasteiger partial charge in [0, 0.05) is 6.42 Å². The summed E-state index contributed by atoms with van der Waals surface area (Å²) < 4.78 is 5.08. The van der Waals surface area contributed by atoms with Crippen LogP contribution in [0.3, 0.4) is 0 Å². The first kappa shape index (κ1) is 9.77. The van der Waals surface area contributed by atoms with E-state index in [1.165, 1.54) is 0 Å². The van der Waals surface area contributed by atoms with E-state index in [1.807, 2.05) is 30.3 Å². The average Bonchev–Trinajstić information content (AvgIpc) is 2.41. The van der Waals surface area contributed by atoms with E-state index in [1.54, 1.807) is 6.92 Å². The van der Waals surface area contributed by atoms with E-state index in [2.05, 4.69) is 0 Å². The van der Waals surface area contributed by atoms with Crippen LogP contribution >= 0.6 is 0 Å². The van der Waals surface area contributed by atoms with Crippen LogP contribution in [-0.4, -0.2) is 16.7 Å². The van der Waals surface area contributed by atoms with Gasteiger partial charge in [0.2, 0.25) is 0 Å². The molecular weight excluding hydrogens is 192 g/mol. The lowest BCUT2D eigenvalue weighted by Crippen LogP contribution is -2.30. The smallest absolute Gasteiger partial charge is 0.335 e. The summed E-state index contributed by atoms with van der Waals surface area (Å²) in [5.41, 5.74) is 0.118. The van der Waals surface area contributed by atoms with E-state index in [9.17, 15) is 9.90 Å². The number of benzene rings is 1. The zero-order valence-electron chi connectivity index (χ0n) is 8.43. The van der Waals surface area contributed by atoms with Gasteiger partial charge in [-0.3, -0.25) is 0 Å². The Balaban J connectivity index is 2.20. The topological polar surface area (TPSA) is 46.5 Å². The van der Waals surface area contributed by atoms with Gasteiger partial charge in [-0.2, -0.15) is 0 Å². The molecule has 0 fully saturated rings. The van der Waals surface area contributed by atoms with Crippen molar-refractivity contribution in [2.75, 3.05) is 0 Å². The normalized spacial score (nSPS) is 24.9. The number of hydrogen-bond acceptors (Lipinski definition) is 3. The molecule has 3 heteroatoms. The van der Waals surface area contributed by atoms with Crippen LogP contribution in [0.1, 0.15) is 12.5 Å². The Morgan fingerprint density at radius 2 is 2.00 bits per heavy atom. The molecule has 2 rings (SSSR count). The van der Waals surface area contributed by atoms with E-state index in [0.29, 0.717) is 6.42 Å². The molecule has 1 aromatic carbocycles. The standard InChI is InChI=1S/C12H12O3/c1-12(10(13)7-11(14)15-12)8-9-5-3-2-4-6-9/h2-7,13H,8H2,1H3/t12-/m0/s1. The van der Waals surface area contributed by atoms with Crippen molar-refractivity contribution in [3.05, 3.63) is 47.7 Å². The van der Waals surface area contributed by atoms with Gasteiger partial charge in [0.15, 0.2) is 5.60 Å². The Labute approximate surface area is 88.0 Å². The van der Waals surface area contributed by atoms with E-state index in [0.717, 1.165) is 11.6 Å². The molecule has 0 amide bonds. The van der Waals surface area contributed by atoms with Crippen LogP contribution < -0.4 is 0 Å². The fraction of sp³-hybridized carbons (Fsp3) is 0.250. The number of hydrogen-bond donors (Lipinski definition) is 1. The van der Waals surface area contributed by atoms with Crippen molar-refractivity contribution >= 4 is 5.97 Å². The van der Waals surface area contributed by atoms with Gasteiger partial charge in [0.1, 0.15) is 5.76 Å². The molecule has 0 spiro atoms. The molecule has 0 aliphatic carbocycles. The van der Waals surface area contributed by atoms with Crippen LogP contribution in [0.5, 0.6) is 0 Å². The number of ether oxygens (including phenoxy) is 1. The van der Waals surface area contributed by atoms with Gasteiger partial charge in [-0.1, -0.05) is 30.3 Å². The second-order valence-electron chi connectivity index (χ2n) is 3.84. The van der Waals surface area contributed by atoms with Crippen LogP contribution in [0, 0.1) is 0 Å². The Morgan fingerprint density at radius 1 is 1.33 bits per heavy atom. The van der Waals surface area contributed by atoms with E-state index < -0.39 is 11.6 Å². The summed E-state index contributed by atoms with van der Waals surface area (Å²) in [7, 11) is 0. The molecule has 78 valence electrons. The predicted molar refractivity (Wildman–Crippen MR) is 55.4 cm³/mol. The monoisotopic (exact) mass is 204 g/mol. The van der Waals surface area contributed by atoms with Crippen molar-refractivity contribution in [2.45, 2.75) is 18.9 Å². The van der Waals surface area contributed by atoms with Gasteiger partial charge in [0.05, 0.1) is 6.08 Å². The highest BCUT2D eigenvalue weighted by Gasteiger charge is 2.39. The molecule has 15 heavy (non-hydrogen) atoms. The zero-order chi connectivity index (χ0) is 10.9. The molecule has 0 saturated heterocycles. The third kappa shape index (κ3) is 1.86. The molecule has 1 atom stereocenters. The fourth-order valence-electron chi connectivity index (χ4n) is 1.68. The number of cyclic esters (lactones) is 1.